The molecule has 2 aliphatic rings. The lowest BCUT2D eigenvalue weighted by Crippen LogP contribution is -2.36. The summed E-state index contributed by atoms with van der Waals surface area (Å²) in [5.41, 5.74) is 0. The standard InChI is InChI=1S/C23H32N2O8.CH4/c1-24(19(27)6-5-14-26)33-22(30)7-3-2-4-15-32-23(31)18-10-8-17(9-11-18)16-25-20(28)12-13-21(25)29;/h12-14,17-18H,2-11,15-16H2,1H3;1H4. The SMILES string of the molecule is C.CN(OC(=O)CCCCCOC(=O)C1CCC(CN2C(=O)C=CC2=O)CC1)C(=O)CCC=O. The second kappa shape index (κ2) is 15.0. The van der Waals surface area contributed by atoms with Crippen LogP contribution in [0.3, 0.4) is 0 Å². The Morgan fingerprint density at radius 1 is 1.03 bits per heavy atom. The summed E-state index contributed by atoms with van der Waals surface area (Å²) in [6, 6.07) is 0. The minimum Gasteiger partial charge on any atom is -0.465 e. The van der Waals surface area contributed by atoms with Gasteiger partial charge in [0.25, 0.3) is 17.7 Å². The molecule has 0 saturated heterocycles. The highest BCUT2D eigenvalue weighted by molar-refractivity contribution is 6.12. The molecule has 0 bridgehead atoms. The number of carbonyl (C=O) groups is 6. The number of unbranched alkanes of at least 4 members (excludes halogenated alkanes) is 2. The van der Waals surface area contributed by atoms with Crippen LogP contribution in [0.5, 0.6) is 0 Å². The lowest BCUT2D eigenvalue weighted by molar-refractivity contribution is -0.192. The molecule has 1 heterocycles. The number of nitrogens with zero attached hydrogens (tertiary/aromatic N) is 2. The van der Waals surface area contributed by atoms with Crippen molar-refractivity contribution < 1.29 is 38.3 Å². The highest BCUT2D eigenvalue weighted by Gasteiger charge is 2.31. The lowest BCUT2D eigenvalue weighted by atomic mass is 9.82. The molecule has 0 aromatic heterocycles. The van der Waals surface area contributed by atoms with E-state index < -0.39 is 11.9 Å². The molecule has 0 spiro atoms. The Labute approximate surface area is 200 Å². The van der Waals surface area contributed by atoms with Crippen molar-refractivity contribution in [1.29, 1.82) is 0 Å². The van der Waals surface area contributed by atoms with Gasteiger partial charge >= 0.3 is 11.9 Å². The van der Waals surface area contributed by atoms with Crippen molar-refractivity contribution in [2.24, 2.45) is 11.8 Å². The minimum absolute atomic E-state index is 0. The van der Waals surface area contributed by atoms with Crippen LogP contribution in [-0.2, 0) is 38.3 Å². The van der Waals surface area contributed by atoms with Crippen LogP contribution < -0.4 is 0 Å². The first-order chi connectivity index (χ1) is 15.8. The Morgan fingerprint density at radius 3 is 2.29 bits per heavy atom. The van der Waals surface area contributed by atoms with Crippen LogP contribution in [0.15, 0.2) is 12.2 Å². The second-order valence-corrected chi connectivity index (χ2v) is 8.38. The van der Waals surface area contributed by atoms with E-state index in [1.165, 1.54) is 24.1 Å². The molecule has 1 fully saturated rings. The summed E-state index contributed by atoms with van der Waals surface area (Å²) in [6.45, 7) is 0.678. The highest BCUT2D eigenvalue weighted by Crippen LogP contribution is 2.30. The molecule has 0 N–H and O–H groups in total. The molecule has 0 aromatic carbocycles. The summed E-state index contributed by atoms with van der Waals surface area (Å²) in [6.07, 6.45) is 8.14. The Kier molecular flexibility index (Phi) is 12.8. The Morgan fingerprint density at radius 2 is 1.68 bits per heavy atom. The number of esters is 1. The van der Waals surface area contributed by atoms with Crippen molar-refractivity contribution in [3.63, 3.8) is 0 Å². The Balaban J connectivity index is 0.00000578. The monoisotopic (exact) mass is 480 g/mol. The lowest BCUT2D eigenvalue weighted by Gasteiger charge is -2.29. The Hall–Kier alpha value is -3.04. The van der Waals surface area contributed by atoms with Crippen molar-refractivity contribution in [1.82, 2.24) is 9.96 Å². The van der Waals surface area contributed by atoms with E-state index in [2.05, 4.69) is 0 Å². The summed E-state index contributed by atoms with van der Waals surface area (Å²) in [5, 5.41) is 0.847. The third kappa shape index (κ3) is 9.44. The summed E-state index contributed by atoms with van der Waals surface area (Å²) in [4.78, 5) is 75.3. The predicted octanol–water partition coefficient (Wildman–Crippen LogP) is 2.35. The van der Waals surface area contributed by atoms with Gasteiger partial charge in [-0.15, -0.1) is 0 Å². The molecule has 1 saturated carbocycles. The average molecular weight is 481 g/mol. The fourth-order valence-electron chi connectivity index (χ4n) is 3.88. The molecule has 3 amide bonds. The number of aldehydes is 1. The molecule has 10 heteroatoms. The summed E-state index contributed by atoms with van der Waals surface area (Å²) in [7, 11) is 1.33. The molecule has 1 aliphatic carbocycles. The first kappa shape index (κ1) is 29.0. The molecule has 190 valence electrons. The second-order valence-electron chi connectivity index (χ2n) is 8.38. The zero-order valence-corrected chi connectivity index (χ0v) is 19.0. The zero-order valence-electron chi connectivity index (χ0n) is 19.0. The number of amides is 3. The molecule has 0 atom stereocenters. The van der Waals surface area contributed by atoms with Gasteiger partial charge in [-0.1, -0.05) is 7.43 Å². The van der Waals surface area contributed by atoms with E-state index >= 15 is 0 Å². The van der Waals surface area contributed by atoms with E-state index in [9.17, 15) is 28.8 Å². The van der Waals surface area contributed by atoms with E-state index in [-0.39, 0.29) is 62.9 Å². The number of hydrogen-bond acceptors (Lipinski definition) is 8. The van der Waals surface area contributed by atoms with Gasteiger partial charge in [0.1, 0.15) is 6.29 Å². The van der Waals surface area contributed by atoms with Gasteiger partial charge in [-0.3, -0.25) is 24.1 Å². The first-order valence-corrected chi connectivity index (χ1v) is 11.4. The Bertz CT molecular complexity index is 753. The van der Waals surface area contributed by atoms with Gasteiger partial charge in [0.15, 0.2) is 0 Å². The molecule has 10 nitrogen and oxygen atoms in total. The summed E-state index contributed by atoms with van der Waals surface area (Å²) >= 11 is 0. The van der Waals surface area contributed by atoms with Crippen molar-refractivity contribution >= 4 is 35.9 Å². The third-order valence-electron chi connectivity index (χ3n) is 5.86. The van der Waals surface area contributed by atoms with Crippen molar-refractivity contribution in [3.8, 4) is 0 Å². The van der Waals surface area contributed by atoms with E-state index in [0.29, 0.717) is 44.9 Å². The fourth-order valence-corrected chi connectivity index (χ4v) is 3.88. The summed E-state index contributed by atoms with van der Waals surface area (Å²) in [5.74, 6) is -1.69. The van der Waals surface area contributed by atoms with Gasteiger partial charge in [-0.25, -0.2) is 4.79 Å². The number of ether oxygens (including phenoxy) is 1. The van der Waals surface area contributed by atoms with Gasteiger partial charge < -0.3 is 14.4 Å². The minimum atomic E-state index is -0.529. The van der Waals surface area contributed by atoms with Gasteiger partial charge in [-0.2, -0.15) is 5.06 Å². The third-order valence-corrected chi connectivity index (χ3v) is 5.86. The van der Waals surface area contributed by atoms with Crippen LogP contribution in [0.4, 0.5) is 0 Å². The number of hydroxylamine groups is 2. The van der Waals surface area contributed by atoms with Gasteiger partial charge in [0.2, 0.25) is 0 Å². The molecule has 34 heavy (non-hydrogen) atoms. The van der Waals surface area contributed by atoms with Crippen molar-refractivity contribution in [2.45, 2.75) is 71.6 Å². The van der Waals surface area contributed by atoms with Crippen LogP contribution >= 0.6 is 0 Å². The number of carbonyl (C=O) groups excluding carboxylic acids is 6. The topological polar surface area (TPSA) is 127 Å². The maximum absolute atomic E-state index is 12.3. The van der Waals surface area contributed by atoms with Crippen LogP contribution in [0.2, 0.25) is 0 Å². The van der Waals surface area contributed by atoms with Crippen LogP contribution in [0.1, 0.15) is 71.6 Å². The maximum atomic E-state index is 12.3. The number of hydrogen-bond donors (Lipinski definition) is 0. The highest BCUT2D eigenvalue weighted by atomic mass is 16.7. The van der Waals surface area contributed by atoms with Gasteiger partial charge in [-0.05, 0) is 50.9 Å². The van der Waals surface area contributed by atoms with Gasteiger partial charge in [0, 0.05) is 45.0 Å². The predicted molar refractivity (Wildman–Crippen MR) is 122 cm³/mol. The molecule has 2 rings (SSSR count). The zero-order chi connectivity index (χ0) is 24.2. The maximum Gasteiger partial charge on any atom is 0.332 e. The molecule has 0 unspecified atom stereocenters. The number of imide groups is 1. The van der Waals surface area contributed by atoms with E-state index in [4.69, 9.17) is 9.57 Å². The first-order valence-electron chi connectivity index (χ1n) is 11.4. The molecule has 1 aliphatic heterocycles. The average Bonchev–Trinajstić information content (AvgIpc) is 3.12. The van der Waals surface area contributed by atoms with E-state index in [1.807, 2.05) is 0 Å². The van der Waals surface area contributed by atoms with Gasteiger partial charge in [0.05, 0.1) is 12.5 Å². The molecule has 0 aromatic rings. The number of rotatable bonds is 12. The molecular formula is C24H36N2O8. The van der Waals surface area contributed by atoms with Crippen LogP contribution in [0, 0.1) is 11.8 Å². The quantitative estimate of drug-likeness (QED) is 0.137. The van der Waals surface area contributed by atoms with E-state index in [1.54, 1.807) is 0 Å². The van der Waals surface area contributed by atoms with Crippen LogP contribution in [-0.4, -0.2) is 66.1 Å². The summed E-state index contributed by atoms with van der Waals surface area (Å²) < 4.78 is 5.36. The normalized spacial score (nSPS) is 19.4. The van der Waals surface area contributed by atoms with Crippen molar-refractivity contribution in [3.05, 3.63) is 12.2 Å². The molecular weight excluding hydrogens is 444 g/mol. The largest absolute Gasteiger partial charge is 0.465 e. The fraction of sp³-hybridized carbons (Fsp3) is 0.667. The smallest absolute Gasteiger partial charge is 0.332 e. The van der Waals surface area contributed by atoms with Crippen molar-refractivity contribution in [2.75, 3.05) is 20.2 Å². The van der Waals surface area contributed by atoms with Crippen LogP contribution in [0.25, 0.3) is 0 Å². The molecule has 0 radical (unpaired) electrons. The van der Waals surface area contributed by atoms with E-state index in [0.717, 1.165) is 17.9 Å².